The molecule has 0 unspecified atom stereocenters. The van der Waals surface area contributed by atoms with Gasteiger partial charge in [0.1, 0.15) is 0 Å². The van der Waals surface area contributed by atoms with E-state index in [0.29, 0.717) is 11.7 Å². The van der Waals surface area contributed by atoms with Crippen LogP contribution in [-0.4, -0.2) is 46.5 Å². The molecule has 2 saturated heterocycles. The third-order valence-corrected chi connectivity index (χ3v) is 5.77. The highest BCUT2D eigenvalue weighted by Crippen LogP contribution is 2.44. The predicted molar refractivity (Wildman–Crippen MR) is 78.9 cm³/mol. The van der Waals surface area contributed by atoms with E-state index in [9.17, 15) is 4.79 Å². The number of hydrogen-bond donors (Lipinski definition) is 0. The van der Waals surface area contributed by atoms with Crippen LogP contribution in [0.5, 0.6) is 0 Å². The zero-order chi connectivity index (χ0) is 13.3. The van der Waals surface area contributed by atoms with Crippen LogP contribution in [-0.2, 0) is 11.3 Å². The maximum atomic E-state index is 12.2. The first-order valence-corrected chi connectivity index (χ1v) is 7.85. The van der Waals surface area contributed by atoms with Gasteiger partial charge in [-0.1, -0.05) is 30.3 Å². The molecule has 4 heteroatoms. The van der Waals surface area contributed by atoms with Gasteiger partial charge >= 0.3 is 0 Å². The molecule has 3 rings (SSSR count). The Morgan fingerprint density at radius 1 is 1.21 bits per heavy atom. The van der Waals surface area contributed by atoms with Gasteiger partial charge in [0.05, 0.1) is 10.6 Å². The van der Waals surface area contributed by atoms with Crippen molar-refractivity contribution in [3.05, 3.63) is 35.9 Å². The number of thioether (sulfide) groups is 1. The van der Waals surface area contributed by atoms with Crippen LogP contribution in [0.4, 0.5) is 0 Å². The van der Waals surface area contributed by atoms with Crippen molar-refractivity contribution >= 4 is 17.7 Å². The number of amides is 1. The number of hydrogen-bond acceptors (Lipinski definition) is 3. The highest BCUT2D eigenvalue weighted by atomic mass is 32.2. The second kappa shape index (κ2) is 5.17. The largest absolute Gasteiger partial charge is 0.323 e. The van der Waals surface area contributed by atoms with E-state index in [4.69, 9.17) is 0 Å². The molecule has 0 saturated carbocycles. The molecule has 1 aromatic rings. The molecule has 0 N–H and O–H groups in total. The topological polar surface area (TPSA) is 23.6 Å². The van der Waals surface area contributed by atoms with Crippen LogP contribution in [0.2, 0.25) is 0 Å². The van der Waals surface area contributed by atoms with E-state index in [1.54, 1.807) is 0 Å². The number of carbonyl (C=O) groups excluding carboxylic acids is 1. The fraction of sp³-hybridized carbons (Fsp3) is 0.533. The lowest BCUT2D eigenvalue weighted by atomic mass is 10.0. The molecule has 0 radical (unpaired) electrons. The Morgan fingerprint density at radius 3 is 2.58 bits per heavy atom. The van der Waals surface area contributed by atoms with E-state index in [2.05, 4.69) is 29.0 Å². The fourth-order valence-corrected chi connectivity index (χ4v) is 4.30. The lowest BCUT2D eigenvalue weighted by Crippen LogP contribution is -2.50. The van der Waals surface area contributed by atoms with E-state index in [1.165, 1.54) is 5.56 Å². The highest BCUT2D eigenvalue weighted by Gasteiger charge is 2.47. The average Bonchev–Trinajstić information content (AvgIpc) is 2.73. The van der Waals surface area contributed by atoms with Gasteiger partial charge in [-0.05, 0) is 25.5 Å². The number of carbonyl (C=O) groups is 1. The molecule has 2 aliphatic rings. The van der Waals surface area contributed by atoms with Crippen LogP contribution in [0, 0.1) is 0 Å². The molecule has 2 aliphatic heterocycles. The molecule has 0 bridgehead atoms. The Hall–Kier alpha value is -1.00. The van der Waals surface area contributed by atoms with Gasteiger partial charge < -0.3 is 9.80 Å². The summed E-state index contributed by atoms with van der Waals surface area (Å²) >= 11 is 1.85. The second-order valence-electron chi connectivity index (χ2n) is 5.50. The standard InChI is InChI=1S/C15H20N2OS/c1-16-9-7-15(8-10-16)17(14(18)12-19-15)11-13-5-3-2-4-6-13/h2-6H,7-12H2,1H3. The monoisotopic (exact) mass is 276 g/mol. The summed E-state index contributed by atoms with van der Waals surface area (Å²) in [5.41, 5.74) is 1.23. The van der Waals surface area contributed by atoms with Crippen molar-refractivity contribution in [3.8, 4) is 0 Å². The minimum absolute atomic E-state index is 0.0550. The summed E-state index contributed by atoms with van der Waals surface area (Å²) in [7, 11) is 2.16. The number of benzene rings is 1. The molecule has 0 aromatic heterocycles. The van der Waals surface area contributed by atoms with Gasteiger partial charge in [0.25, 0.3) is 0 Å². The maximum Gasteiger partial charge on any atom is 0.234 e. The van der Waals surface area contributed by atoms with Crippen LogP contribution in [0.3, 0.4) is 0 Å². The Morgan fingerprint density at radius 2 is 1.89 bits per heavy atom. The molecule has 1 spiro atoms. The van der Waals surface area contributed by atoms with Gasteiger partial charge in [-0.25, -0.2) is 0 Å². The lowest BCUT2D eigenvalue weighted by Gasteiger charge is -2.43. The molecular formula is C15H20N2OS. The minimum atomic E-state index is 0.0550. The number of likely N-dealkylation sites (tertiary alicyclic amines) is 1. The van der Waals surface area contributed by atoms with E-state index in [1.807, 2.05) is 30.0 Å². The molecule has 1 aromatic carbocycles. The van der Waals surface area contributed by atoms with Crippen molar-refractivity contribution in [1.82, 2.24) is 9.80 Å². The molecule has 0 aliphatic carbocycles. The van der Waals surface area contributed by atoms with Gasteiger partial charge in [0, 0.05) is 19.6 Å². The second-order valence-corrected chi connectivity index (χ2v) is 6.84. The Balaban J connectivity index is 1.79. The smallest absolute Gasteiger partial charge is 0.234 e. The molecule has 2 fully saturated rings. The molecule has 3 nitrogen and oxygen atoms in total. The summed E-state index contributed by atoms with van der Waals surface area (Å²) in [5.74, 6) is 0.953. The maximum absolute atomic E-state index is 12.2. The Kier molecular flexibility index (Phi) is 3.54. The first kappa shape index (κ1) is 13.0. The highest BCUT2D eigenvalue weighted by molar-refractivity contribution is 8.01. The van der Waals surface area contributed by atoms with Crippen molar-refractivity contribution < 1.29 is 4.79 Å². The number of nitrogens with zero attached hydrogens (tertiary/aromatic N) is 2. The first-order chi connectivity index (χ1) is 9.20. The Labute approximate surface area is 119 Å². The van der Waals surface area contributed by atoms with Crippen LogP contribution < -0.4 is 0 Å². The summed E-state index contributed by atoms with van der Waals surface area (Å²) in [6.45, 7) is 2.94. The Bertz CT molecular complexity index is 454. The average molecular weight is 276 g/mol. The van der Waals surface area contributed by atoms with Crippen molar-refractivity contribution in [3.63, 3.8) is 0 Å². The van der Waals surface area contributed by atoms with Gasteiger partial charge in [0.2, 0.25) is 5.91 Å². The van der Waals surface area contributed by atoms with Crippen molar-refractivity contribution in [1.29, 1.82) is 0 Å². The van der Waals surface area contributed by atoms with Crippen LogP contribution in [0.25, 0.3) is 0 Å². The molecule has 19 heavy (non-hydrogen) atoms. The van der Waals surface area contributed by atoms with Crippen LogP contribution >= 0.6 is 11.8 Å². The van der Waals surface area contributed by atoms with E-state index in [0.717, 1.165) is 32.5 Å². The SMILES string of the molecule is CN1CCC2(CC1)SCC(=O)N2Cc1ccccc1. The van der Waals surface area contributed by atoms with Crippen molar-refractivity contribution in [2.75, 3.05) is 25.9 Å². The third-order valence-electron chi connectivity index (χ3n) is 4.21. The number of rotatable bonds is 2. The fourth-order valence-electron chi connectivity index (χ4n) is 2.96. The number of piperidine rings is 1. The predicted octanol–water partition coefficient (Wildman–Crippen LogP) is 2.18. The zero-order valence-electron chi connectivity index (χ0n) is 11.3. The quantitative estimate of drug-likeness (QED) is 0.827. The van der Waals surface area contributed by atoms with E-state index < -0.39 is 0 Å². The van der Waals surface area contributed by atoms with Crippen molar-refractivity contribution in [2.24, 2.45) is 0 Å². The van der Waals surface area contributed by atoms with E-state index >= 15 is 0 Å². The summed E-state index contributed by atoms with van der Waals surface area (Å²) in [5, 5.41) is 0. The van der Waals surface area contributed by atoms with Crippen LogP contribution in [0.15, 0.2) is 30.3 Å². The first-order valence-electron chi connectivity index (χ1n) is 6.86. The molecular weight excluding hydrogens is 256 g/mol. The third kappa shape index (κ3) is 2.51. The van der Waals surface area contributed by atoms with Gasteiger partial charge in [-0.2, -0.15) is 0 Å². The molecule has 1 amide bonds. The minimum Gasteiger partial charge on any atom is -0.323 e. The van der Waals surface area contributed by atoms with Crippen molar-refractivity contribution in [2.45, 2.75) is 24.3 Å². The van der Waals surface area contributed by atoms with Gasteiger partial charge in [-0.15, -0.1) is 11.8 Å². The summed E-state index contributed by atoms with van der Waals surface area (Å²) in [6.07, 6.45) is 2.18. The molecule has 102 valence electrons. The molecule has 0 atom stereocenters. The summed E-state index contributed by atoms with van der Waals surface area (Å²) < 4.78 is 0. The van der Waals surface area contributed by atoms with E-state index in [-0.39, 0.29) is 4.87 Å². The summed E-state index contributed by atoms with van der Waals surface area (Å²) in [6, 6.07) is 10.3. The van der Waals surface area contributed by atoms with Gasteiger partial charge in [0.15, 0.2) is 0 Å². The zero-order valence-corrected chi connectivity index (χ0v) is 12.2. The van der Waals surface area contributed by atoms with Crippen LogP contribution in [0.1, 0.15) is 18.4 Å². The molecule has 2 heterocycles. The lowest BCUT2D eigenvalue weighted by molar-refractivity contribution is -0.131. The normalized spacial score (nSPS) is 23.2. The summed E-state index contributed by atoms with van der Waals surface area (Å²) in [4.78, 5) is 16.8. The van der Waals surface area contributed by atoms with Gasteiger partial charge in [-0.3, -0.25) is 4.79 Å².